The Morgan fingerprint density at radius 1 is 1.08 bits per heavy atom. The Morgan fingerprint density at radius 3 is 2.50 bits per heavy atom. The Labute approximate surface area is 156 Å². The van der Waals surface area contributed by atoms with Gasteiger partial charge in [-0.05, 0) is 23.6 Å². The first-order chi connectivity index (χ1) is 12.7. The normalized spacial score (nSPS) is 16.2. The zero-order valence-corrected chi connectivity index (χ0v) is 15.5. The van der Waals surface area contributed by atoms with E-state index in [0.29, 0.717) is 13.0 Å². The number of amides is 1. The van der Waals surface area contributed by atoms with Crippen LogP contribution < -0.4 is 5.32 Å². The van der Waals surface area contributed by atoms with E-state index in [-0.39, 0.29) is 11.8 Å². The highest BCUT2D eigenvalue weighted by Crippen LogP contribution is 2.30. The van der Waals surface area contributed by atoms with Crippen molar-refractivity contribution in [3.63, 3.8) is 0 Å². The first-order valence-corrected chi connectivity index (χ1v) is 9.41. The maximum absolute atomic E-state index is 12.6. The van der Waals surface area contributed by atoms with Crippen molar-refractivity contribution in [1.29, 1.82) is 0 Å². The molecule has 1 fully saturated rings. The molecule has 0 radical (unpaired) electrons. The molecule has 4 nitrogen and oxygen atoms in total. The summed E-state index contributed by atoms with van der Waals surface area (Å²) in [6.45, 7) is 7.16. The molecule has 0 bridgehead atoms. The van der Waals surface area contributed by atoms with Gasteiger partial charge >= 0.3 is 0 Å². The summed E-state index contributed by atoms with van der Waals surface area (Å²) in [6.07, 6.45) is 0.470. The van der Waals surface area contributed by atoms with E-state index in [4.69, 9.17) is 4.74 Å². The van der Waals surface area contributed by atoms with Crippen molar-refractivity contribution in [1.82, 2.24) is 10.2 Å². The maximum Gasteiger partial charge on any atom is 0.220 e. The third-order valence-electron chi connectivity index (χ3n) is 5.01. The minimum Gasteiger partial charge on any atom is -0.379 e. The molecule has 2 aromatic carbocycles. The first kappa shape index (κ1) is 18.6. The van der Waals surface area contributed by atoms with Gasteiger partial charge in [0.1, 0.15) is 0 Å². The van der Waals surface area contributed by atoms with Crippen LogP contribution in [0.25, 0.3) is 0 Å². The van der Waals surface area contributed by atoms with Crippen LogP contribution in [0.2, 0.25) is 0 Å². The summed E-state index contributed by atoms with van der Waals surface area (Å²) in [5, 5.41) is 3.10. The van der Waals surface area contributed by atoms with Gasteiger partial charge in [0, 0.05) is 38.5 Å². The fourth-order valence-electron chi connectivity index (χ4n) is 3.51. The van der Waals surface area contributed by atoms with Gasteiger partial charge in [0.2, 0.25) is 5.91 Å². The van der Waals surface area contributed by atoms with Crippen LogP contribution in [0.4, 0.5) is 0 Å². The van der Waals surface area contributed by atoms with Gasteiger partial charge in [-0.25, -0.2) is 0 Å². The topological polar surface area (TPSA) is 41.6 Å². The molecule has 4 heteroatoms. The molecule has 0 aromatic heterocycles. The molecule has 3 rings (SSSR count). The van der Waals surface area contributed by atoms with E-state index in [0.717, 1.165) is 32.8 Å². The summed E-state index contributed by atoms with van der Waals surface area (Å²) in [5.74, 6) is 0.191. The van der Waals surface area contributed by atoms with E-state index in [1.54, 1.807) is 0 Å². The quantitative estimate of drug-likeness (QED) is 0.833. The molecule has 1 aliphatic heterocycles. The molecule has 2 aromatic rings. The minimum atomic E-state index is 0.0841. The van der Waals surface area contributed by atoms with Crippen LogP contribution >= 0.6 is 0 Å². The molecule has 1 saturated heterocycles. The van der Waals surface area contributed by atoms with Gasteiger partial charge in [0.15, 0.2) is 0 Å². The predicted molar refractivity (Wildman–Crippen MR) is 104 cm³/mol. The lowest BCUT2D eigenvalue weighted by molar-refractivity contribution is -0.121. The number of nitrogens with one attached hydrogen (secondary N) is 1. The third-order valence-corrected chi connectivity index (χ3v) is 5.01. The fourth-order valence-corrected chi connectivity index (χ4v) is 3.51. The number of hydrogen-bond donors (Lipinski definition) is 1. The van der Waals surface area contributed by atoms with Crippen LogP contribution in [0, 0.1) is 6.92 Å². The Morgan fingerprint density at radius 2 is 1.77 bits per heavy atom. The molecular weight excluding hydrogens is 324 g/mol. The standard InChI is InChI=1S/C22H28N2O2/c1-18-7-5-6-10-20(18)21(19-8-3-2-4-9-19)17-22(25)23-11-12-24-13-15-26-16-14-24/h2-10,21H,11-17H2,1H3,(H,23,25)/t21-/m0/s1. The maximum atomic E-state index is 12.6. The summed E-state index contributed by atoms with van der Waals surface area (Å²) in [4.78, 5) is 14.9. The number of carbonyl (C=O) groups is 1. The average molecular weight is 352 g/mol. The van der Waals surface area contributed by atoms with Gasteiger partial charge < -0.3 is 10.1 Å². The molecule has 0 saturated carbocycles. The van der Waals surface area contributed by atoms with Gasteiger partial charge in [0.25, 0.3) is 0 Å². The minimum absolute atomic E-state index is 0.0841. The molecule has 138 valence electrons. The molecule has 1 amide bonds. The zero-order chi connectivity index (χ0) is 18.2. The Balaban J connectivity index is 1.62. The molecule has 0 aliphatic carbocycles. The van der Waals surface area contributed by atoms with E-state index in [2.05, 4.69) is 47.5 Å². The van der Waals surface area contributed by atoms with E-state index in [1.807, 2.05) is 24.3 Å². The lowest BCUT2D eigenvalue weighted by Crippen LogP contribution is -2.41. The van der Waals surface area contributed by atoms with Gasteiger partial charge in [-0.15, -0.1) is 0 Å². The van der Waals surface area contributed by atoms with Crippen molar-refractivity contribution in [3.8, 4) is 0 Å². The lowest BCUT2D eigenvalue weighted by atomic mass is 9.86. The van der Waals surface area contributed by atoms with Crippen LogP contribution in [0.3, 0.4) is 0 Å². The van der Waals surface area contributed by atoms with E-state index < -0.39 is 0 Å². The van der Waals surface area contributed by atoms with Gasteiger partial charge in [-0.2, -0.15) is 0 Å². The zero-order valence-electron chi connectivity index (χ0n) is 15.5. The highest BCUT2D eigenvalue weighted by atomic mass is 16.5. The van der Waals surface area contributed by atoms with Crippen molar-refractivity contribution in [3.05, 3.63) is 71.3 Å². The van der Waals surface area contributed by atoms with Crippen molar-refractivity contribution in [2.75, 3.05) is 39.4 Å². The number of benzene rings is 2. The molecule has 0 unspecified atom stereocenters. The number of carbonyl (C=O) groups excluding carboxylic acids is 1. The Bertz CT molecular complexity index is 696. The van der Waals surface area contributed by atoms with Crippen LogP contribution in [-0.4, -0.2) is 50.2 Å². The molecule has 1 N–H and O–H groups in total. The number of rotatable bonds is 7. The molecule has 1 atom stereocenters. The molecular formula is C22H28N2O2. The number of morpholine rings is 1. The van der Waals surface area contributed by atoms with E-state index >= 15 is 0 Å². The Hall–Kier alpha value is -2.17. The highest BCUT2D eigenvalue weighted by Gasteiger charge is 2.19. The third kappa shape index (κ3) is 5.16. The van der Waals surface area contributed by atoms with Crippen molar-refractivity contribution in [2.45, 2.75) is 19.3 Å². The SMILES string of the molecule is Cc1ccccc1[C@@H](CC(=O)NCCN1CCOCC1)c1ccccc1. The number of ether oxygens (including phenoxy) is 1. The summed E-state index contributed by atoms with van der Waals surface area (Å²) in [7, 11) is 0. The summed E-state index contributed by atoms with van der Waals surface area (Å²) >= 11 is 0. The van der Waals surface area contributed by atoms with Crippen LogP contribution in [0.5, 0.6) is 0 Å². The summed E-state index contributed by atoms with van der Waals surface area (Å²) in [6, 6.07) is 18.7. The number of aryl methyl sites for hydroxylation is 1. The molecule has 1 heterocycles. The van der Waals surface area contributed by atoms with Crippen LogP contribution in [0.1, 0.15) is 29.0 Å². The van der Waals surface area contributed by atoms with Gasteiger partial charge in [-0.3, -0.25) is 9.69 Å². The smallest absolute Gasteiger partial charge is 0.220 e. The molecule has 26 heavy (non-hydrogen) atoms. The van der Waals surface area contributed by atoms with Gasteiger partial charge in [0.05, 0.1) is 13.2 Å². The van der Waals surface area contributed by atoms with Crippen molar-refractivity contribution < 1.29 is 9.53 Å². The second kappa shape index (κ2) is 9.51. The number of nitrogens with zero attached hydrogens (tertiary/aromatic N) is 1. The molecule has 1 aliphatic rings. The second-order valence-corrected chi connectivity index (χ2v) is 6.83. The number of hydrogen-bond acceptors (Lipinski definition) is 3. The van der Waals surface area contributed by atoms with E-state index in [9.17, 15) is 4.79 Å². The summed E-state index contributed by atoms with van der Waals surface area (Å²) < 4.78 is 5.36. The van der Waals surface area contributed by atoms with Crippen LogP contribution in [-0.2, 0) is 9.53 Å². The van der Waals surface area contributed by atoms with Crippen LogP contribution in [0.15, 0.2) is 54.6 Å². The second-order valence-electron chi connectivity index (χ2n) is 6.83. The van der Waals surface area contributed by atoms with Crippen molar-refractivity contribution >= 4 is 5.91 Å². The predicted octanol–water partition coefficient (Wildman–Crippen LogP) is 2.97. The van der Waals surface area contributed by atoms with Gasteiger partial charge in [-0.1, -0.05) is 54.6 Å². The Kier molecular flexibility index (Phi) is 6.81. The molecule has 0 spiro atoms. The average Bonchev–Trinajstić information content (AvgIpc) is 2.68. The van der Waals surface area contributed by atoms with E-state index in [1.165, 1.54) is 16.7 Å². The summed E-state index contributed by atoms with van der Waals surface area (Å²) in [5.41, 5.74) is 3.63. The van der Waals surface area contributed by atoms with Crippen molar-refractivity contribution in [2.24, 2.45) is 0 Å². The monoisotopic (exact) mass is 352 g/mol. The highest BCUT2D eigenvalue weighted by molar-refractivity contribution is 5.77. The first-order valence-electron chi connectivity index (χ1n) is 9.41. The lowest BCUT2D eigenvalue weighted by Gasteiger charge is -2.26. The fraction of sp³-hybridized carbons (Fsp3) is 0.409. The largest absolute Gasteiger partial charge is 0.379 e.